The number of ether oxygens (including phenoxy) is 1. The van der Waals surface area contributed by atoms with Crippen LogP contribution in [0.3, 0.4) is 0 Å². The summed E-state index contributed by atoms with van der Waals surface area (Å²) in [5.74, 6) is 5.52. The molecule has 0 amide bonds. The molecule has 1 N–H and O–H groups in total. The molecule has 0 atom stereocenters. The zero-order valence-electron chi connectivity index (χ0n) is 12.2. The van der Waals surface area contributed by atoms with E-state index < -0.39 is 10.0 Å². The zero-order chi connectivity index (χ0) is 15.7. The SMILES string of the molecule is CCN(CCOC)S(=O)(=O)c1cncc(C#CCCO)c1. The van der Waals surface area contributed by atoms with Crippen LogP contribution in [-0.4, -0.2) is 56.2 Å². The quantitative estimate of drug-likeness (QED) is 0.741. The molecule has 1 rings (SSSR count). The Labute approximate surface area is 125 Å². The van der Waals surface area contributed by atoms with E-state index in [1.54, 1.807) is 6.92 Å². The Kier molecular flexibility index (Phi) is 7.32. The van der Waals surface area contributed by atoms with Crippen molar-refractivity contribution in [2.75, 3.05) is 33.4 Å². The third-order valence-corrected chi connectivity index (χ3v) is 4.66. The maximum Gasteiger partial charge on any atom is 0.244 e. The molecule has 6 nitrogen and oxygen atoms in total. The van der Waals surface area contributed by atoms with Gasteiger partial charge in [-0.3, -0.25) is 4.98 Å². The molecule has 0 aliphatic carbocycles. The number of aromatic nitrogens is 1. The summed E-state index contributed by atoms with van der Waals surface area (Å²) in [6.07, 6.45) is 3.14. The summed E-state index contributed by atoms with van der Waals surface area (Å²) in [7, 11) is -2.08. The molecule has 0 aliphatic rings. The van der Waals surface area contributed by atoms with E-state index in [1.807, 2.05) is 0 Å². The molecule has 0 radical (unpaired) electrons. The Morgan fingerprint density at radius 2 is 2.19 bits per heavy atom. The number of methoxy groups -OCH3 is 1. The van der Waals surface area contributed by atoms with Crippen LogP contribution in [0.2, 0.25) is 0 Å². The summed E-state index contributed by atoms with van der Waals surface area (Å²) in [6, 6.07) is 1.49. The van der Waals surface area contributed by atoms with Crippen LogP contribution in [0.5, 0.6) is 0 Å². The number of pyridine rings is 1. The molecule has 0 unspecified atom stereocenters. The van der Waals surface area contributed by atoms with Crippen LogP contribution in [0.25, 0.3) is 0 Å². The van der Waals surface area contributed by atoms with Gasteiger partial charge in [0.05, 0.1) is 13.2 Å². The van der Waals surface area contributed by atoms with Crippen LogP contribution in [0.1, 0.15) is 18.9 Å². The molecule has 0 aromatic carbocycles. The highest BCUT2D eigenvalue weighted by Crippen LogP contribution is 2.15. The standard InChI is InChI=1S/C14H20N2O4S/c1-3-16(7-9-20-2)21(18,19)14-10-13(11-15-12-14)6-4-5-8-17/h10-12,17H,3,5,7-9H2,1-2H3. The lowest BCUT2D eigenvalue weighted by molar-refractivity contribution is 0.180. The van der Waals surface area contributed by atoms with Crippen LogP contribution < -0.4 is 0 Å². The monoisotopic (exact) mass is 312 g/mol. The first kappa shape index (κ1) is 17.6. The Balaban J connectivity index is 3.03. The van der Waals surface area contributed by atoms with Gasteiger partial charge < -0.3 is 9.84 Å². The molecule has 0 aliphatic heterocycles. The number of sulfonamides is 1. The zero-order valence-corrected chi connectivity index (χ0v) is 13.1. The van der Waals surface area contributed by atoms with Crippen molar-refractivity contribution in [2.45, 2.75) is 18.2 Å². The van der Waals surface area contributed by atoms with Gasteiger partial charge in [0.2, 0.25) is 10.0 Å². The van der Waals surface area contributed by atoms with Crippen LogP contribution >= 0.6 is 0 Å². The van der Waals surface area contributed by atoms with E-state index >= 15 is 0 Å². The molecule has 0 spiro atoms. The molecule has 1 heterocycles. The second kappa shape index (κ2) is 8.74. The summed E-state index contributed by atoms with van der Waals surface area (Å²) >= 11 is 0. The molecule has 116 valence electrons. The van der Waals surface area contributed by atoms with Gasteiger partial charge in [0.25, 0.3) is 0 Å². The van der Waals surface area contributed by atoms with Gasteiger partial charge >= 0.3 is 0 Å². The number of likely N-dealkylation sites (N-methyl/N-ethyl adjacent to an activating group) is 1. The third kappa shape index (κ3) is 5.10. The molecular formula is C14H20N2O4S. The predicted octanol–water partition coefficient (Wildman–Crippen LogP) is 0.472. The minimum absolute atomic E-state index is 0.0287. The first-order valence-corrected chi connectivity index (χ1v) is 8.04. The summed E-state index contributed by atoms with van der Waals surface area (Å²) in [5.41, 5.74) is 0.507. The van der Waals surface area contributed by atoms with Crippen LogP contribution in [-0.2, 0) is 14.8 Å². The molecule has 0 saturated carbocycles. The van der Waals surface area contributed by atoms with E-state index in [9.17, 15) is 8.42 Å². The van der Waals surface area contributed by atoms with Crippen molar-refractivity contribution in [1.82, 2.24) is 9.29 Å². The lowest BCUT2D eigenvalue weighted by Gasteiger charge is -2.19. The van der Waals surface area contributed by atoms with E-state index in [0.717, 1.165) is 0 Å². The lowest BCUT2D eigenvalue weighted by Crippen LogP contribution is -2.33. The Hall–Kier alpha value is -1.46. The predicted molar refractivity (Wildman–Crippen MR) is 79.1 cm³/mol. The molecule has 7 heteroatoms. The summed E-state index contributed by atoms with van der Waals surface area (Å²) < 4.78 is 31.2. The first-order valence-electron chi connectivity index (χ1n) is 6.60. The van der Waals surface area contributed by atoms with Gasteiger partial charge in [0.1, 0.15) is 4.90 Å². The number of nitrogens with zero attached hydrogens (tertiary/aromatic N) is 2. The van der Waals surface area contributed by atoms with Crippen molar-refractivity contribution in [3.63, 3.8) is 0 Å². The molecule has 0 saturated heterocycles. The topological polar surface area (TPSA) is 79.7 Å². The maximum absolute atomic E-state index is 12.5. The van der Waals surface area contributed by atoms with Crippen molar-refractivity contribution in [1.29, 1.82) is 0 Å². The maximum atomic E-state index is 12.5. The van der Waals surface area contributed by atoms with Gasteiger partial charge in [-0.05, 0) is 6.07 Å². The van der Waals surface area contributed by atoms with E-state index in [0.29, 0.717) is 25.1 Å². The van der Waals surface area contributed by atoms with Gasteiger partial charge in [-0.15, -0.1) is 0 Å². The smallest absolute Gasteiger partial charge is 0.244 e. The average molecular weight is 312 g/mol. The summed E-state index contributed by atoms with van der Waals surface area (Å²) in [5, 5.41) is 8.68. The second-order valence-electron chi connectivity index (χ2n) is 4.17. The van der Waals surface area contributed by atoms with E-state index in [4.69, 9.17) is 9.84 Å². The van der Waals surface area contributed by atoms with E-state index in [1.165, 1.54) is 29.9 Å². The van der Waals surface area contributed by atoms with Gasteiger partial charge in [-0.2, -0.15) is 4.31 Å². The first-order chi connectivity index (χ1) is 10.1. The fraction of sp³-hybridized carbons (Fsp3) is 0.500. The highest BCUT2D eigenvalue weighted by Gasteiger charge is 2.23. The molecule has 0 bridgehead atoms. The van der Waals surface area contributed by atoms with Crippen molar-refractivity contribution < 1.29 is 18.3 Å². The van der Waals surface area contributed by atoms with Gasteiger partial charge in [-0.1, -0.05) is 18.8 Å². The lowest BCUT2D eigenvalue weighted by atomic mass is 10.3. The third-order valence-electron chi connectivity index (χ3n) is 2.72. The molecule has 1 aromatic heterocycles. The highest BCUT2D eigenvalue weighted by atomic mass is 32.2. The minimum atomic E-state index is -3.60. The van der Waals surface area contributed by atoms with Crippen LogP contribution in [0, 0.1) is 11.8 Å². The average Bonchev–Trinajstić information content (AvgIpc) is 2.48. The van der Waals surface area contributed by atoms with Crippen molar-refractivity contribution in [3.8, 4) is 11.8 Å². The summed E-state index contributed by atoms with van der Waals surface area (Å²) in [6.45, 7) is 2.71. The van der Waals surface area contributed by atoms with Crippen LogP contribution in [0.4, 0.5) is 0 Å². The van der Waals surface area contributed by atoms with Crippen molar-refractivity contribution in [3.05, 3.63) is 24.0 Å². The largest absolute Gasteiger partial charge is 0.395 e. The van der Waals surface area contributed by atoms with Gasteiger partial charge in [0, 0.05) is 44.6 Å². The van der Waals surface area contributed by atoms with Gasteiger partial charge in [0.15, 0.2) is 0 Å². The fourth-order valence-electron chi connectivity index (χ4n) is 1.64. The van der Waals surface area contributed by atoms with Crippen LogP contribution in [0.15, 0.2) is 23.4 Å². The number of aliphatic hydroxyl groups excluding tert-OH is 1. The Morgan fingerprint density at radius 1 is 1.43 bits per heavy atom. The number of rotatable bonds is 7. The van der Waals surface area contributed by atoms with Crippen molar-refractivity contribution in [2.24, 2.45) is 0 Å². The van der Waals surface area contributed by atoms with Crippen molar-refractivity contribution >= 4 is 10.0 Å². The van der Waals surface area contributed by atoms with Gasteiger partial charge in [-0.25, -0.2) is 8.42 Å². The number of hydrogen-bond donors (Lipinski definition) is 1. The second-order valence-corrected chi connectivity index (χ2v) is 6.11. The minimum Gasteiger partial charge on any atom is -0.395 e. The van der Waals surface area contributed by atoms with E-state index in [-0.39, 0.29) is 18.0 Å². The normalized spacial score (nSPS) is 11.2. The Bertz CT molecular complexity index is 605. The molecular weight excluding hydrogens is 292 g/mol. The number of hydrogen-bond acceptors (Lipinski definition) is 5. The molecule has 21 heavy (non-hydrogen) atoms. The highest BCUT2D eigenvalue weighted by molar-refractivity contribution is 7.89. The Morgan fingerprint density at radius 3 is 2.81 bits per heavy atom. The van der Waals surface area contributed by atoms with E-state index in [2.05, 4.69) is 16.8 Å². The molecule has 1 aromatic rings. The fourth-order valence-corrected chi connectivity index (χ4v) is 3.06. The summed E-state index contributed by atoms with van der Waals surface area (Å²) in [4.78, 5) is 4.03. The molecule has 0 fully saturated rings. The number of aliphatic hydroxyl groups is 1.